The van der Waals surface area contributed by atoms with E-state index in [0.717, 1.165) is 10.2 Å². The molecular weight excluding hydrogens is 382 g/mol. The Bertz CT molecular complexity index is 861. The minimum absolute atomic E-state index is 0.0855. The summed E-state index contributed by atoms with van der Waals surface area (Å²) < 4.78 is 25.8. The number of carbonyl (C=O) groups is 1. The topological polar surface area (TPSA) is 81.1 Å². The standard InChI is InChI=1S/C15H16BrN3O3S/c1-10-7-14(15(20)17-12-4-2-3-11(16)8-12)18-19(10)13-5-6-23(21,22)9-13/h2-4,7-8,13H,5-6,9H2,1H3,(H,17,20). The number of nitrogens with zero attached hydrogens (tertiary/aromatic N) is 2. The molecule has 6 nitrogen and oxygen atoms in total. The highest BCUT2D eigenvalue weighted by Gasteiger charge is 2.31. The van der Waals surface area contributed by atoms with Crippen molar-refractivity contribution in [2.24, 2.45) is 0 Å². The van der Waals surface area contributed by atoms with Crippen molar-refractivity contribution in [3.63, 3.8) is 0 Å². The van der Waals surface area contributed by atoms with Gasteiger partial charge in [0, 0.05) is 15.9 Å². The number of hydrogen-bond donors (Lipinski definition) is 1. The number of aromatic nitrogens is 2. The first kappa shape index (κ1) is 16.2. The molecule has 1 aromatic carbocycles. The van der Waals surface area contributed by atoms with Gasteiger partial charge in [0.1, 0.15) is 0 Å². The number of hydrogen-bond acceptors (Lipinski definition) is 4. The minimum atomic E-state index is -2.99. The molecule has 8 heteroatoms. The molecule has 1 saturated heterocycles. The number of amides is 1. The third-order valence-electron chi connectivity index (χ3n) is 3.79. The minimum Gasteiger partial charge on any atom is -0.321 e. The van der Waals surface area contributed by atoms with Crippen molar-refractivity contribution in [1.29, 1.82) is 0 Å². The molecule has 0 aliphatic carbocycles. The van der Waals surface area contributed by atoms with Crippen LogP contribution in [-0.2, 0) is 9.84 Å². The largest absolute Gasteiger partial charge is 0.321 e. The van der Waals surface area contributed by atoms with Crippen LogP contribution in [0.4, 0.5) is 5.69 Å². The lowest BCUT2D eigenvalue weighted by Gasteiger charge is -2.10. The number of halogens is 1. The maximum Gasteiger partial charge on any atom is 0.276 e. The zero-order valence-corrected chi connectivity index (χ0v) is 14.9. The molecule has 122 valence electrons. The zero-order valence-electron chi connectivity index (χ0n) is 12.5. The summed E-state index contributed by atoms with van der Waals surface area (Å²) >= 11 is 3.35. The van der Waals surface area contributed by atoms with Gasteiger partial charge >= 0.3 is 0 Å². The predicted molar refractivity (Wildman–Crippen MR) is 91.4 cm³/mol. The number of aryl methyl sites for hydroxylation is 1. The summed E-state index contributed by atoms with van der Waals surface area (Å²) in [6.45, 7) is 1.83. The van der Waals surface area contributed by atoms with E-state index in [1.54, 1.807) is 22.9 Å². The molecule has 1 aliphatic rings. The van der Waals surface area contributed by atoms with Gasteiger partial charge in [-0.05, 0) is 37.6 Å². The molecule has 2 aromatic rings. The number of nitrogens with one attached hydrogen (secondary N) is 1. The molecule has 1 aromatic heterocycles. The monoisotopic (exact) mass is 397 g/mol. The van der Waals surface area contributed by atoms with Gasteiger partial charge in [0.05, 0.1) is 17.5 Å². The summed E-state index contributed by atoms with van der Waals surface area (Å²) in [5.74, 6) is -0.0514. The molecule has 3 rings (SSSR count). The summed E-state index contributed by atoms with van der Waals surface area (Å²) in [6.07, 6.45) is 0.539. The van der Waals surface area contributed by atoms with Gasteiger partial charge < -0.3 is 5.32 Å². The Balaban J connectivity index is 1.79. The quantitative estimate of drug-likeness (QED) is 0.862. The van der Waals surface area contributed by atoms with E-state index in [-0.39, 0.29) is 29.1 Å². The van der Waals surface area contributed by atoms with Crippen LogP contribution < -0.4 is 5.32 Å². The Morgan fingerprint density at radius 3 is 2.83 bits per heavy atom. The third kappa shape index (κ3) is 3.64. The van der Waals surface area contributed by atoms with Crippen LogP contribution in [0.1, 0.15) is 28.6 Å². The van der Waals surface area contributed by atoms with Crippen LogP contribution in [0.15, 0.2) is 34.8 Å². The second kappa shape index (κ2) is 6.09. The van der Waals surface area contributed by atoms with E-state index in [4.69, 9.17) is 0 Å². The van der Waals surface area contributed by atoms with Gasteiger partial charge in [-0.1, -0.05) is 22.0 Å². The molecule has 1 fully saturated rings. The molecule has 0 saturated carbocycles. The maximum atomic E-state index is 12.3. The molecule has 1 atom stereocenters. The zero-order chi connectivity index (χ0) is 16.6. The van der Waals surface area contributed by atoms with Crippen LogP contribution in [0.2, 0.25) is 0 Å². The van der Waals surface area contributed by atoms with Crippen molar-refractivity contribution < 1.29 is 13.2 Å². The average Bonchev–Trinajstić information content (AvgIpc) is 3.01. The second-order valence-corrected chi connectivity index (χ2v) is 8.78. The van der Waals surface area contributed by atoms with Crippen LogP contribution in [0.3, 0.4) is 0 Å². The second-order valence-electron chi connectivity index (χ2n) is 5.64. The lowest BCUT2D eigenvalue weighted by Crippen LogP contribution is -2.16. The molecule has 1 N–H and O–H groups in total. The van der Waals surface area contributed by atoms with Crippen molar-refractivity contribution in [3.8, 4) is 0 Å². The Morgan fingerprint density at radius 2 is 2.17 bits per heavy atom. The fourth-order valence-electron chi connectivity index (χ4n) is 2.70. The molecule has 1 aliphatic heterocycles. The highest BCUT2D eigenvalue weighted by molar-refractivity contribution is 9.10. The van der Waals surface area contributed by atoms with Crippen LogP contribution in [0.25, 0.3) is 0 Å². The van der Waals surface area contributed by atoms with Gasteiger partial charge in [0.25, 0.3) is 5.91 Å². The SMILES string of the molecule is Cc1cc(C(=O)Nc2cccc(Br)c2)nn1C1CCS(=O)(=O)C1. The van der Waals surface area contributed by atoms with E-state index in [9.17, 15) is 13.2 Å². The number of benzene rings is 1. The van der Waals surface area contributed by atoms with Crippen molar-refractivity contribution >= 4 is 37.4 Å². The van der Waals surface area contributed by atoms with Gasteiger partial charge in [0.2, 0.25) is 0 Å². The number of rotatable bonds is 3. The Morgan fingerprint density at radius 1 is 1.39 bits per heavy atom. The predicted octanol–water partition coefficient (Wildman–Crippen LogP) is 2.57. The first-order chi connectivity index (χ1) is 10.8. The van der Waals surface area contributed by atoms with E-state index in [0.29, 0.717) is 12.1 Å². The maximum absolute atomic E-state index is 12.3. The van der Waals surface area contributed by atoms with Crippen LogP contribution in [-0.4, -0.2) is 35.6 Å². The molecule has 0 spiro atoms. The molecule has 0 bridgehead atoms. The first-order valence-corrected chi connectivity index (χ1v) is 9.79. The fourth-order valence-corrected chi connectivity index (χ4v) is 4.79. The summed E-state index contributed by atoms with van der Waals surface area (Å²) in [5, 5.41) is 7.09. The normalized spacial score (nSPS) is 19.7. The van der Waals surface area contributed by atoms with Gasteiger partial charge in [-0.3, -0.25) is 9.48 Å². The first-order valence-electron chi connectivity index (χ1n) is 7.17. The fraction of sp³-hybridized carbons (Fsp3) is 0.333. The number of sulfone groups is 1. The highest BCUT2D eigenvalue weighted by Crippen LogP contribution is 2.25. The van der Waals surface area contributed by atoms with Gasteiger partial charge in [0.15, 0.2) is 15.5 Å². The molecular formula is C15H16BrN3O3S. The van der Waals surface area contributed by atoms with E-state index in [1.165, 1.54) is 0 Å². The summed E-state index contributed by atoms with van der Waals surface area (Å²) in [7, 11) is -2.99. The highest BCUT2D eigenvalue weighted by atomic mass is 79.9. The summed E-state index contributed by atoms with van der Waals surface area (Å²) in [6, 6.07) is 8.77. The lowest BCUT2D eigenvalue weighted by atomic mass is 10.2. The van der Waals surface area contributed by atoms with Gasteiger partial charge in [-0.25, -0.2) is 8.42 Å². The average molecular weight is 398 g/mol. The van der Waals surface area contributed by atoms with Crippen LogP contribution >= 0.6 is 15.9 Å². The summed E-state index contributed by atoms with van der Waals surface area (Å²) in [5.41, 5.74) is 1.73. The molecule has 2 heterocycles. The van der Waals surface area contributed by atoms with E-state index in [2.05, 4.69) is 26.3 Å². The lowest BCUT2D eigenvalue weighted by molar-refractivity contribution is 0.102. The molecule has 1 unspecified atom stereocenters. The molecule has 1 amide bonds. The van der Waals surface area contributed by atoms with E-state index < -0.39 is 9.84 Å². The van der Waals surface area contributed by atoms with Crippen LogP contribution in [0, 0.1) is 6.92 Å². The number of anilines is 1. The molecule has 0 radical (unpaired) electrons. The number of carbonyl (C=O) groups excluding carboxylic acids is 1. The Hall–Kier alpha value is -1.67. The van der Waals surface area contributed by atoms with E-state index >= 15 is 0 Å². The van der Waals surface area contributed by atoms with Crippen molar-refractivity contribution in [3.05, 3.63) is 46.2 Å². The van der Waals surface area contributed by atoms with Crippen molar-refractivity contribution in [1.82, 2.24) is 9.78 Å². The van der Waals surface area contributed by atoms with Gasteiger partial charge in [-0.15, -0.1) is 0 Å². The van der Waals surface area contributed by atoms with Crippen molar-refractivity contribution in [2.75, 3.05) is 16.8 Å². The Kier molecular flexibility index (Phi) is 4.29. The summed E-state index contributed by atoms with van der Waals surface area (Å²) in [4.78, 5) is 12.3. The van der Waals surface area contributed by atoms with Crippen molar-refractivity contribution in [2.45, 2.75) is 19.4 Å². The third-order valence-corrected chi connectivity index (χ3v) is 6.04. The molecule has 23 heavy (non-hydrogen) atoms. The van der Waals surface area contributed by atoms with Crippen LogP contribution in [0.5, 0.6) is 0 Å². The van der Waals surface area contributed by atoms with Gasteiger partial charge in [-0.2, -0.15) is 5.10 Å². The smallest absolute Gasteiger partial charge is 0.276 e. The van der Waals surface area contributed by atoms with E-state index in [1.807, 2.05) is 19.1 Å². The Labute approximate surface area is 142 Å².